The van der Waals surface area contributed by atoms with Gasteiger partial charge in [0.2, 0.25) is 0 Å². The van der Waals surface area contributed by atoms with Gasteiger partial charge in [-0.25, -0.2) is 0 Å². The van der Waals surface area contributed by atoms with Crippen molar-refractivity contribution in [3.05, 3.63) is 43.5 Å². The van der Waals surface area contributed by atoms with Gasteiger partial charge in [-0.05, 0) is 46.6 Å². The van der Waals surface area contributed by atoms with Crippen LogP contribution in [0.5, 0.6) is 5.75 Å². The fraction of sp³-hybridized carbons (Fsp3) is 0.154. The van der Waals surface area contributed by atoms with Crippen LogP contribution in [0, 0.1) is 6.92 Å². The van der Waals surface area contributed by atoms with Crippen LogP contribution in [0.4, 0.5) is 5.69 Å². The average Bonchev–Trinajstić information content (AvgIpc) is 2.72. The number of carbonyl (C=O) groups excluding carboxylic acids is 1. The molecule has 3 nitrogen and oxygen atoms in total. The van der Waals surface area contributed by atoms with E-state index in [9.17, 15) is 4.79 Å². The molecule has 1 N–H and O–H groups in total. The van der Waals surface area contributed by atoms with Crippen LogP contribution in [0.25, 0.3) is 0 Å². The van der Waals surface area contributed by atoms with Crippen molar-refractivity contribution in [2.75, 3.05) is 12.4 Å². The van der Waals surface area contributed by atoms with Crippen LogP contribution in [0.1, 0.15) is 15.2 Å². The number of halogens is 2. The lowest BCUT2D eigenvalue weighted by Crippen LogP contribution is -2.10. The molecule has 1 aromatic carbocycles. The van der Waals surface area contributed by atoms with E-state index < -0.39 is 0 Å². The molecular weight excluding hydrogens is 350 g/mol. The molecule has 0 fully saturated rings. The SMILES string of the molecule is COc1cc(NC(=O)c2cc(C)c(Br)s2)ccc1Cl. The molecule has 0 aliphatic heterocycles. The third-order valence-corrected chi connectivity index (χ3v) is 4.94. The van der Waals surface area contributed by atoms with Gasteiger partial charge in [-0.3, -0.25) is 4.79 Å². The Hall–Kier alpha value is -1.04. The van der Waals surface area contributed by atoms with Gasteiger partial charge in [0, 0.05) is 11.8 Å². The second-order valence-electron chi connectivity index (χ2n) is 3.87. The van der Waals surface area contributed by atoms with E-state index in [1.54, 1.807) is 18.2 Å². The van der Waals surface area contributed by atoms with E-state index in [4.69, 9.17) is 16.3 Å². The topological polar surface area (TPSA) is 38.3 Å². The molecule has 2 aromatic rings. The zero-order chi connectivity index (χ0) is 14.0. The average molecular weight is 361 g/mol. The quantitative estimate of drug-likeness (QED) is 0.859. The summed E-state index contributed by atoms with van der Waals surface area (Å²) in [6, 6.07) is 6.96. The molecule has 0 radical (unpaired) electrons. The lowest BCUT2D eigenvalue weighted by molar-refractivity contribution is 0.103. The van der Waals surface area contributed by atoms with Crippen LogP contribution >= 0.6 is 38.9 Å². The summed E-state index contributed by atoms with van der Waals surface area (Å²) in [7, 11) is 1.53. The van der Waals surface area contributed by atoms with Crippen molar-refractivity contribution < 1.29 is 9.53 Å². The van der Waals surface area contributed by atoms with Gasteiger partial charge in [0.1, 0.15) is 5.75 Å². The molecule has 0 spiro atoms. The predicted molar refractivity (Wildman–Crippen MR) is 82.7 cm³/mol. The molecule has 19 heavy (non-hydrogen) atoms. The molecule has 0 atom stereocenters. The number of thiophene rings is 1. The highest BCUT2D eigenvalue weighted by molar-refractivity contribution is 9.11. The van der Waals surface area contributed by atoms with Gasteiger partial charge in [-0.2, -0.15) is 0 Å². The third kappa shape index (κ3) is 3.29. The number of anilines is 1. The smallest absolute Gasteiger partial charge is 0.265 e. The first-order chi connectivity index (χ1) is 9.01. The van der Waals surface area contributed by atoms with Gasteiger partial charge in [0.05, 0.1) is 20.8 Å². The fourth-order valence-electron chi connectivity index (χ4n) is 1.50. The molecule has 0 saturated carbocycles. The Labute approximate surface area is 128 Å². The normalized spacial score (nSPS) is 10.3. The molecular formula is C13H11BrClNO2S. The first kappa shape index (κ1) is 14.4. The van der Waals surface area contributed by atoms with Crippen LogP contribution in [0.3, 0.4) is 0 Å². The first-order valence-corrected chi connectivity index (χ1v) is 7.41. The van der Waals surface area contributed by atoms with Crippen molar-refractivity contribution in [1.82, 2.24) is 0 Å². The van der Waals surface area contributed by atoms with Crippen molar-refractivity contribution in [3.63, 3.8) is 0 Å². The summed E-state index contributed by atoms with van der Waals surface area (Å²) in [5, 5.41) is 3.32. The molecule has 0 saturated heterocycles. The van der Waals surface area contributed by atoms with E-state index in [0.29, 0.717) is 21.3 Å². The molecule has 6 heteroatoms. The maximum Gasteiger partial charge on any atom is 0.265 e. The number of nitrogens with one attached hydrogen (secondary N) is 1. The first-order valence-electron chi connectivity index (χ1n) is 5.42. The second kappa shape index (κ2) is 5.94. The Morgan fingerprint density at radius 1 is 1.42 bits per heavy atom. The molecule has 1 aromatic heterocycles. The Bertz CT molecular complexity index is 608. The van der Waals surface area contributed by atoms with E-state index >= 15 is 0 Å². The number of rotatable bonds is 3. The number of amides is 1. The van der Waals surface area contributed by atoms with E-state index in [1.807, 2.05) is 13.0 Å². The van der Waals surface area contributed by atoms with E-state index in [1.165, 1.54) is 18.4 Å². The summed E-state index contributed by atoms with van der Waals surface area (Å²) in [6.45, 7) is 1.95. The van der Waals surface area contributed by atoms with Gasteiger partial charge in [-0.15, -0.1) is 11.3 Å². The fourth-order valence-corrected chi connectivity index (χ4v) is 3.13. The third-order valence-electron chi connectivity index (χ3n) is 2.49. The number of ether oxygens (including phenoxy) is 1. The zero-order valence-corrected chi connectivity index (χ0v) is 13.4. The van der Waals surface area contributed by atoms with Crippen molar-refractivity contribution in [2.45, 2.75) is 6.92 Å². The van der Waals surface area contributed by atoms with Crippen molar-refractivity contribution in [2.24, 2.45) is 0 Å². The number of methoxy groups -OCH3 is 1. The zero-order valence-electron chi connectivity index (χ0n) is 10.3. The van der Waals surface area contributed by atoms with Crippen LogP contribution < -0.4 is 10.1 Å². The minimum atomic E-state index is -0.150. The summed E-state index contributed by atoms with van der Waals surface area (Å²) in [5.41, 5.74) is 1.69. The molecule has 2 rings (SSSR count). The highest BCUT2D eigenvalue weighted by Gasteiger charge is 2.12. The molecule has 100 valence electrons. The summed E-state index contributed by atoms with van der Waals surface area (Å²) in [6.07, 6.45) is 0. The maximum atomic E-state index is 12.1. The predicted octanol–water partition coefficient (Wildman–Crippen LogP) is 4.73. The monoisotopic (exact) mass is 359 g/mol. The number of hydrogen-bond acceptors (Lipinski definition) is 3. The van der Waals surface area contributed by atoms with Crippen molar-refractivity contribution in [3.8, 4) is 5.75 Å². The Morgan fingerprint density at radius 3 is 2.74 bits per heavy atom. The van der Waals surface area contributed by atoms with Crippen molar-refractivity contribution in [1.29, 1.82) is 0 Å². The minimum Gasteiger partial charge on any atom is -0.495 e. The Morgan fingerprint density at radius 2 is 2.16 bits per heavy atom. The summed E-state index contributed by atoms with van der Waals surface area (Å²) in [5.74, 6) is 0.381. The summed E-state index contributed by atoms with van der Waals surface area (Å²) < 4.78 is 6.07. The van der Waals surface area contributed by atoms with Crippen molar-refractivity contribution >= 4 is 50.5 Å². The summed E-state index contributed by atoms with van der Waals surface area (Å²) in [4.78, 5) is 12.7. The largest absolute Gasteiger partial charge is 0.495 e. The van der Waals surface area contributed by atoms with E-state index in [-0.39, 0.29) is 5.91 Å². The standard InChI is InChI=1S/C13H11BrClNO2S/c1-7-5-11(19-12(7)14)13(17)16-8-3-4-9(15)10(6-8)18-2/h3-6H,1-2H3,(H,16,17). The number of aryl methyl sites for hydroxylation is 1. The van der Waals surface area contributed by atoms with Crippen LogP contribution in [0.15, 0.2) is 28.1 Å². The lowest BCUT2D eigenvalue weighted by atomic mass is 10.3. The van der Waals surface area contributed by atoms with Crippen LogP contribution in [-0.2, 0) is 0 Å². The molecule has 1 heterocycles. The molecule has 0 aliphatic rings. The number of carbonyl (C=O) groups is 1. The lowest BCUT2D eigenvalue weighted by Gasteiger charge is -2.07. The second-order valence-corrected chi connectivity index (χ2v) is 6.65. The van der Waals surface area contributed by atoms with Gasteiger partial charge < -0.3 is 10.1 Å². The minimum absolute atomic E-state index is 0.150. The maximum absolute atomic E-state index is 12.1. The van der Waals surface area contributed by atoms with Crippen LogP contribution in [0.2, 0.25) is 5.02 Å². The van der Waals surface area contributed by atoms with E-state index in [0.717, 1.165) is 9.35 Å². The summed E-state index contributed by atoms with van der Waals surface area (Å²) >= 11 is 10.7. The van der Waals surface area contributed by atoms with Crippen LogP contribution in [-0.4, -0.2) is 13.0 Å². The van der Waals surface area contributed by atoms with Gasteiger partial charge in [0.15, 0.2) is 0 Å². The molecule has 0 aliphatic carbocycles. The Balaban J connectivity index is 2.19. The van der Waals surface area contributed by atoms with Gasteiger partial charge >= 0.3 is 0 Å². The Kier molecular flexibility index (Phi) is 4.50. The molecule has 0 unspecified atom stereocenters. The number of hydrogen-bond donors (Lipinski definition) is 1. The molecule has 0 bridgehead atoms. The molecule has 1 amide bonds. The van der Waals surface area contributed by atoms with Gasteiger partial charge in [-0.1, -0.05) is 11.6 Å². The number of benzene rings is 1. The highest BCUT2D eigenvalue weighted by Crippen LogP contribution is 2.30. The highest BCUT2D eigenvalue weighted by atomic mass is 79.9. The van der Waals surface area contributed by atoms with E-state index in [2.05, 4.69) is 21.2 Å². The van der Waals surface area contributed by atoms with Gasteiger partial charge in [0.25, 0.3) is 5.91 Å².